The number of nitrogens with zero attached hydrogens (tertiary/aromatic N) is 2. The van der Waals surface area contributed by atoms with E-state index in [1.54, 1.807) is 6.20 Å². The summed E-state index contributed by atoms with van der Waals surface area (Å²) in [6.45, 7) is 6.19. The summed E-state index contributed by atoms with van der Waals surface area (Å²) in [5, 5.41) is 0. The van der Waals surface area contributed by atoms with Gasteiger partial charge in [-0.15, -0.1) is 0 Å². The van der Waals surface area contributed by atoms with Gasteiger partial charge < -0.3 is 20.1 Å². The molecule has 6 heteroatoms. The van der Waals surface area contributed by atoms with Crippen LogP contribution in [0.4, 0.5) is 5.69 Å². The molecule has 2 N–H and O–H groups in total. The molecule has 2 aromatic carbocycles. The second-order valence-corrected chi connectivity index (χ2v) is 7.98. The third kappa shape index (κ3) is 4.69. The Morgan fingerprint density at radius 2 is 1.62 bits per heavy atom. The molecule has 166 valence electrons. The first kappa shape index (κ1) is 21.7. The average Bonchev–Trinajstić information content (AvgIpc) is 2.81. The number of aromatic nitrogens is 1. The van der Waals surface area contributed by atoms with E-state index >= 15 is 0 Å². The molecule has 0 atom stereocenters. The van der Waals surface area contributed by atoms with Crippen LogP contribution < -0.4 is 20.1 Å². The van der Waals surface area contributed by atoms with Gasteiger partial charge in [0.25, 0.3) is 5.91 Å². The first-order chi connectivity index (χ1) is 15.6. The van der Waals surface area contributed by atoms with Crippen LogP contribution in [0.2, 0.25) is 0 Å². The summed E-state index contributed by atoms with van der Waals surface area (Å²) in [6.07, 6.45) is 5.13. The molecule has 1 aromatic heterocycles. The van der Waals surface area contributed by atoms with Crippen molar-refractivity contribution in [3.8, 4) is 28.4 Å². The summed E-state index contributed by atoms with van der Waals surface area (Å²) < 4.78 is 11.9. The summed E-state index contributed by atoms with van der Waals surface area (Å²) >= 11 is 0. The molecule has 2 heterocycles. The zero-order valence-electron chi connectivity index (χ0n) is 18.6. The smallest absolute Gasteiger partial charge is 0.271 e. The molecule has 1 aliphatic rings. The van der Waals surface area contributed by atoms with E-state index in [1.807, 2.05) is 62.4 Å². The molecule has 1 amide bonds. The molecule has 32 heavy (non-hydrogen) atoms. The first-order valence-corrected chi connectivity index (χ1v) is 11.1. The number of ether oxygens (including phenoxy) is 2. The molecule has 0 aliphatic carbocycles. The Morgan fingerprint density at radius 1 is 1.00 bits per heavy atom. The van der Waals surface area contributed by atoms with Gasteiger partial charge in [-0.3, -0.25) is 4.79 Å². The molecule has 0 spiro atoms. The van der Waals surface area contributed by atoms with Gasteiger partial charge in [0.1, 0.15) is 11.5 Å². The maximum Gasteiger partial charge on any atom is 0.271 e. The third-order valence-corrected chi connectivity index (χ3v) is 5.62. The van der Waals surface area contributed by atoms with Crippen molar-refractivity contribution in [1.29, 1.82) is 0 Å². The highest BCUT2D eigenvalue weighted by Crippen LogP contribution is 2.42. The summed E-state index contributed by atoms with van der Waals surface area (Å²) in [7, 11) is 0. The number of rotatable bonds is 7. The van der Waals surface area contributed by atoms with Crippen LogP contribution in [0.15, 0.2) is 54.7 Å². The lowest BCUT2D eigenvalue weighted by Crippen LogP contribution is -2.31. The Hall–Kier alpha value is -3.54. The van der Waals surface area contributed by atoms with Crippen molar-refractivity contribution in [2.24, 2.45) is 5.73 Å². The average molecular weight is 432 g/mol. The van der Waals surface area contributed by atoms with Gasteiger partial charge in [0, 0.05) is 24.8 Å². The topological polar surface area (TPSA) is 77.7 Å². The summed E-state index contributed by atoms with van der Waals surface area (Å²) in [5.41, 5.74) is 9.77. The van der Waals surface area contributed by atoms with E-state index in [4.69, 9.17) is 15.2 Å². The molecular formula is C26H29N3O3. The van der Waals surface area contributed by atoms with Crippen LogP contribution in [-0.2, 0) is 0 Å². The number of hydrogen-bond acceptors (Lipinski definition) is 5. The van der Waals surface area contributed by atoms with Crippen LogP contribution in [-0.4, -0.2) is 30.6 Å². The van der Waals surface area contributed by atoms with E-state index in [-0.39, 0.29) is 5.69 Å². The SMILES string of the molecule is CCOc1c(C(N)=O)ncc(-c2ccc(Oc3ccc(C)cc3)cc2)c1N1CCCCC1. The zero-order valence-corrected chi connectivity index (χ0v) is 18.6. The van der Waals surface area contributed by atoms with Gasteiger partial charge >= 0.3 is 0 Å². The lowest BCUT2D eigenvalue weighted by molar-refractivity contribution is 0.0991. The van der Waals surface area contributed by atoms with Crippen molar-refractivity contribution in [3.05, 3.63) is 66.0 Å². The number of hydrogen-bond donors (Lipinski definition) is 1. The quantitative estimate of drug-likeness (QED) is 0.547. The maximum absolute atomic E-state index is 12.1. The first-order valence-electron chi connectivity index (χ1n) is 11.1. The van der Waals surface area contributed by atoms with E-state index < -0.39 is 5.91 Å². The van der Waals surface area contributed by atoms with Gasteiger partial charge in [-0.25, -0.2) is 4.98 Å². The van der Waals surface area contributed by atoms with Gasteiger partial charge in [-0.05, 0) is 62.9 Å². The zero-order chi connectivity index (χ0) is 22.5. The van der Waals surface area contributed by atoms with Crippen molar-refractivity contribution in [3.63, 3.8) is 0 Å². The van der Waals surface area contributed by atoms with Crippen LogP contribution in [0, 0.1) is 6.92 Å². The molecule has 0 saturated carbocycles. The molecule has 3 aromatic rings. The minimum atomic E-state index is -0.583. The maximum atomic E-state index is 12.1. The van der Waals surface area contributed by atoms with E-state index in [1.165, 1.54) is 12.0 Å². The number of carbonyl (C=O) groups is 1. The second-order valence-electron chi connectivity index (χ2n) is 7.98. The van der Waals surface area contributed by atoms with Crippen molar-refractivity contribution in [2.45, 2.75) is 33.1 Å². The molecule has 0 unspecified atom stereocenters. The Bertz CT molecular complexity index is 1070. The Labute approximate surface area is 189 Å². The highest BCUT2D eigenvalue weighted by Gasteiger charge is 2.25. The fourth-order valence-corrected chi connectivity index (χ4v) is 4.03. The molecule has 1 saturated heterocycles. The van der Waals surface area contributed by atoms with Crippen LogP contribution in [0.1, 0.15) is 42.2 Å². The van der Waals surface area contributed by atoms with Crippen molar-refractivity contribution in [2.75, 3.05) is 24.6 Å². The summed E-state index contributed by atoms with van der Waals surface area (Å²) in [6, 6.07) is 15.9. The highest BCUT2D eigenvalue weighted by molar-refractivity contribution is 5.98. The monoisotopic (exact) mass is 431 g/mol. The predicted molar refractivity (Wildman–Crippen MR) is 127 cm³/mol. The van der Waals surface area contributed by atoms with E-state index in [0.29, 0.717) is 12.4 Å². The molecular weight excluding hydrogens is 402 g/mol. The van der Waals surface area contributed by atoms with Crippen LogP contribution in [0.5, 0.6) is 17.2 Å². The van der Waals surface area contributed by atoms with Gasteiger partial charge in [0.05, 0.1) is 12.3 Å². The van der Waals surface area contributed by atoms with Crippen LogP contribution in [0.25, 0.3) is 11.1 Å². The number of piperidine rings is 1. The predicted octanol–water partition coefficient (Wildman–Crippen LogP) is 5.34. The number of pyridine rings is 1. The fourth-order valence-electron chi connectivity index (χ4n) is 4.03. The van der Waals surface area contributed by atoms with Gasteiger partial charge in [-0.1, -0.05) is 29.8 Å². The van der Waals surface area contributed by atoms with Crippen molar-refractivity contribution >= 4 is 11.6 Å². The fraction of sp³-hybridized carbons (Fsp3) is 0.308. The number of anilines is 1. The molecule has 4 rings (SSSR count). The van der Waals surface area contributed by atoms with Crippen molar-refractivity contribution < 1.29 is 14.3 Å². The van der Waals surface area contributed by atoms with Crippen molar-refractivity contribution in [1.82, 2.24) is 4.98 Å². The number of benzene rings is 2. The molecule has 6 nitrogen and oxygen atoms in total. The van der Waals surface area contributed by atoms with Gasteiger partial charge in [-0.2, -0.15) is 0 Å². The lowest BCUT2D eigenvalue weighted by Gasteiger charge is -2.32. The van der Waals surface area contributed by atoms with Crippen LogP contribution in [0.3, 0.4) is 0 Å². The number of aryl methyl sites for hydroxylation is 1. The van der Waals surface area contributed by atoms with E-state index in [2.05, 4.69) is 9.88 Å². The minimum absolute atomic E-state index is 0.176. The number of carbonyl (C=O) groups excluding carboxylic acids is 1. The minimum Gasteiger partial charge on any atom is -0.489 e. The normalized spacial score (nSPS) is 13.6. The van der Waals surface area contributed by atoms with E-state index in [9.17, 15) is 4.79 Å². The summed E-state index contributed by atoms with van der Waals surface area (Å²) in [5.74, 6) is 1.44. The largest absolute Gasteiger partial charge is 0.489 e. The molecule has 1 fully saturated rings. The van der Waals surface area contributed by atoms with Gasteiger partial charge in [0.2, 0.25) is 0 Å². The Kier molecular flexibility index (Phi) is 6.59. The molecule has 0 bridgehead atoms. The lowest BCUT2D eigenvalue weighted by atomic mass is 10.0. The molecule has 0 radical (unpaired) electrons. The summed E-state index contributed by atoms with van der Waals surface area (Å²) in [4.78, 5) is 18.7. The number of nitrogens with two attached hydrogens (primary N) is 1. The standard InChI is InChI=1S/C26H29N3O3/c1-3-31-25-23(26(27)30)28-17-22(24(25)29-15-5-4-6-16-29)19-9-13-21(14-10-19)32-20-11-7-18(2)8-12-20/h7-14,17H,3-6,15-16H2,1-2H3,(H2,27,30). The Balaban J connectivity index is 1.72. The number of primary amides is 1. The second kappa shape index (κ2) is 9.73. The van der Waals surface area contributed by atoms with Gasteiger partial charge in [0.15, 0.2) is 11.4 Å². The third-order valence-electron chi connectivity index (χ3n) is 5.62. The Morgan fingerprint density at radius 3 is 2.22 bits per heavy atom. The van der Waals surface area contributed by atoms with Crippen LogP contribution >= 0.6 is 0 Å². The number of amides is 1. The van der Waals surface area contributed by atoms with E-state index in [0.717, 1.165) is 54.2 Å². The highest BCUT2D eigenvalue weighted by atomic mass is 16.5. The molecule has 1 aliphatic heterocycles.